The number of halogens is 3. The van der Waals surface area contributed by atoms with E-state index in [4.69, 9.17) is 0 Å². The Morgan fingerprint density at radius 1 is 1.20 bits per heavy atom. The molecule has 108 valence electrons. The summed E-state index contributed by atoms with van der Waals surface area (Å²) < 4.78 is 38.6. The molecule has 20 heavy (non-hydrogen) atoms. The molecule has 3 atom stereocenters. The van der Waals surface area contributed by atoms with Crippen molar-refractivity contribution in [3.05, 3.63) is 41.5 Å². The minimum atomic E-state index is -4.28. The van der Waals surface area contributed by atoms with Crippen molar-refractivity contribution in [2.45, 2.75) is 25.9 Å². The van der Waals surface area contributed by atoms with E-state index in [1.54, 1.807) is 6.07 Å². The third kappa shape index (κ3) is 2.56. The molecule has 2 bridgehead atoms. The van der Waals surface area contributed by atoms with Crippen LogP contribution in [0.15, 0.2) is 30.4 Å². The summed E-state index contributed by atoms with van der Waals surface area (Å²) in [6, 6.07) is 4.48. The second-order valence-electron chi connectivity index (χ2n) is 5.95. The number of hydrogen-bond donors (Lipinski definition) is 1. The van der Waals surface area contributed by atoms with Crippen LogP contribution in [-0.4, -0.2) is 6.54 Å². The summed E-state index contributed by atoms with van der Waals surface area (Å²) in [7, 11) is 0. The van der Waals surface area contributed by atoms with Crippen molar-refractivity contribution in [3.8, 4) is 0 Å². The lowest BCUT2D eigenvalue weighted by molar-refractivity contribution is -0.138. The number of anilines is 1. The Kier molecular flexibility index (Phi) is 3.27. The van der Waals surface area contributed by atoms with Gasteiger partial charge >= 0.3 is 6.18 Å². The molecule has 1 saturated carbocycles. The summed E-state index contributed by atoms with van der Waals surface area (Å²) in [6.07, 6.45) is 2.63. The zero-order valence-corrected chi connectivity index (χ0v) is 11.4. The average Bonchev–Trinajstić information content (AvgIpc) is 2.98. The number of fused-ring (bicyclic) bond motifs is 2. The van der Waals surface area contributed by atoms with Crippen molar-refractivity contribution >= 4 is 5.69 Å². The quantitative estimate of drug-likeness (QED) is 0.796. The number of rotatable bonds is 3. The van der Waals surface area contributed by atoms with Gasteiger partial charge in [0.15, 0.2) is 0 Å². The number of nitrogens with one attached hydrogen (secondary N) is 1. The summed E-state index contributed by atoms with van der Waals surface area (Å²) in [6.45, 7) is 2.25. The maximum absolute atomic E-state index is 12.9. The van der Waals surface area contributed by atoms with Crippen LogP contribution in [0.25, 0.3) is 0 Å². The zero-order chi connectivity index (χ0) is 14.3. The summed E-state index contributed by atoms with van der Waals surface area (Å²) in [5.74, 6) is 1.86. The Morgan fingerprint density at radius 3 is 2.60 bits per heavy atom. The lowest BCUT2D eigenvalue weighted by Gasteiger charge is -2.20. The maximum atomic E-state index is 12.9. The fourth-order valence-electron chi connectivity index (χ4n) is 3.42. The van der Waals surface area contributed by atoms with E-state index in [9.17, 15) is 13.2 Å². The Bertz CT molecular complexity index is 533. The van der Waals surface area contributed by atoms with E-state index in [1.165, 1.54) is 25.5 Å². The molecule has 1 aromatic carbocycles. The highest BCUT2D eigenvalue weighted by Crippen LogP contribution is 2.43. The fraction of sp³-hybridized carbons (Fsp3) is 0.500. The van der Waals surface area contributed by atoms with E-state index in [2.05, 4.69) is 17.5 Å². The van der Waals surface area contributed by atoms with E-state index < -0.39 is 11.7 Å². The molecule has 1 nitrogen and oxygen atoms in total. The molecule has 0 radical (unpaired) electrons. The summed E-state index contributed by atoms with van der Waals surface area (Å²) in [5.41, 5.74) is 0.288. The molecule has 2 aliphatic rings. The van der Waals surface area contributed by atoms with Gasteiger partial charge < -0.3 is 5.32 Å². The molecular weight excluding hydrogens is 263 g/mol. The molecule has 4 heteroatoms. The van der Waals surface area contributed by atoms with Crippen LogP contribution in [0.1, 0.15) is 24.0 Å². The number of hydrogen-bond acceptors (Lipinski definition) is 1. The second kappa shape index (κ2) is 4.83. The second-order valence-corrected chi connectivity index (χ2v) is 5.95. The molecule has 0 heterocycles. The summed E-state index contributed by atoms with van der Waals surface area (Å²) >= 11 is 0. The Labute approximate surface area is 116 Å². The molecule has 1 N–H and O–H groups in total. The first kappa shape index (κ1) is 13.5. The molecular formula is C16H18F3N. The van der Waals surface area contributed by atoms with Gasteiger partial charge in [-0.3, -0.25) is 0 Å². The summed E-state index contributed by atoms with van der Waals surface area (Å²) in [5, 5.41) is 3.18. The standard InChI is InChI=1S/C16H18F3N/c1-10-2-5-14(8-15(10)16(17,18)19)20-9-13-7-11-3-4-12(13)6-11/h2-5,8,11-13,20H,6-7,9H2,1H3. The van der Waals surface area contributed by atoms with Crippen molar-refractivity contribution in [2.24, 2.45) is 17.8 Å². The normalized spacial score (nSPS) is 28.1. The SMILES string of the molecule is Cc1ccc(NCC2CC3C=CC2C3)cc1C(F)(F)F. The molecule has 3 unspecified atom stereocenters. The highest BCUT2D eigenvalue weighted by molar-refractivity contribution is 5.49. The van der Waals surface area contributed by atoms with E-state index in [1.807, 2.05) is 0 Å². The maximum Gasteiger partial charge on any atom is 0.416 e. The van der Waals surface area contributed by atoms with E-state index in [-0.39, 0.29) is 5.56 Å². The summed E-state index contributed by atoms with van der Waals surface area (Å²) in [4.78, 5) is 0. The van der Waals surface area contributed by atoms with Gasteiger partial charge in [-0.1, -0.05) is 18.2 Å². The van der Waals surface area contributed by atoms with Crippen LogP contribution in [0.4, 0.5) is 18.9 Å². The van der Waals surface area contributed by atoms with E-state index in [0.717, 1.165) is 13.0 Å². The first-order valence-corrected chi connectivity index (χ1v) is 7.03. The predicted octanol–water partition coefficient (Wildman–Crippen LogP) is 4.64. The Hall–Kier alpha value is -1.45. The van der Waals surface area contributed by atoms with Gasteiger partial charge in [-0.15, -0.1) is 0 Å². The smallest absolute Gasteiger partial charge is 0.385 e. The Morgan fingerprint density at radius 2 is 2.00 bits per heavy atom. The zero-order valence-electron chi connectivity index (χ0n) is 11.4. The first-order chi connectivity index (χ1) is 9.43. The third-order valence-corrected chi connectivity index (χ3v) is 4.53. The largest absolute Gasteiger partial charge is 0.416 e. The molecule has 0 spiro atoms. The minimum Gasteiger partial charge on any atom is -0.385 e. The monoisotopic (exact) mass is 281 g/mol. The average molecular weight is 281 g/mol. The molecule has 2 aliphatic carbocycles. The van der Waals surface area contributed by atoms with Crippen molar-refractivity contribution < 1.29 is 13.2 Å². The first-order valence-electron chi connectivity index (χ1n) is 7.03. The fourth-order valence-corrected chi connectivity index (χ4v) is 3.42. The van der Waals surface area contributed by atoms with Gasteiger partial charge in [0.25, 0.3) is 0 Å². The van der Waals surface area contributed by atoms with Gasteiger partial charge in [0.05, 0.1) is 5.56 Å². The van der Waals surface area contributed by atoms with Crippen LogP contribution in [0, 0.1) is 24.7 Å². The van der Waals surface area contributed by atoms with Crippen LogP contribution in [0.3, 0.4) is 0 Å². The molecule has 0 saturated heterocycles. The lowest BCUT2D eigenvalue weighted by Crippen LogP contribution is -2.18. The van der Waals surface area contributed by atoms with Gasteiger partial charge in [-0.25, -0.2) is 0 Å². The lowest BCUT2D eigenvalue weighted by atomic mass is 9.93. The number of alkyl halides is 3. The van der Waals surface area contributed by atoms with Gasteiger partial charge in [0.1, 0.15) is 0 Å². The molecule has 0 aromatic heterocycles. The number of aryl methyl sites for hydroxylation is 1. The van der Waals surface area contributed by atoms with Crippen molar-refractivity contribution in [2.75, 3.05) is 11.9 Å². The topological polar surface area (TPSA) is 12.0 Å². The van der Waals surface area contributed by atoms with Gasteiger partial charge in [-0.05, 0) is 55.2 Å². The van der Waals surface area contributed by atoms with Crippen LogP contribution < -0.4 is 5.32 Å². The Balaban J connectivity index is 1.68. The van der Waals surface area contributed by atoms with Crippen molar-refractivity contribution in [3.63, 3.8) is 0 Å². The van der Waals surface area contributed by atoms with Gasteiger partial charge in [0.2, 0.25) is 0 Å². The van der Waals surface area contributed by atoms with Crippen LogP contribution in [0.5, 0.6) is 0 Å². The van der Waals surface area contributed by atoms with Crippen LogP contribution >= 0.6 is 0 Å². The third-order valence-electron chi connectivity index (χ3n) is 4.53. The molecule has 0 aliphatic heterocycles. The van der Waals surface area contributed by atoms with Crippen LogP contribution in [-0.2, 0) is 6.18 Å². The van der Waals surface area contributed by atoms with Crippen LogP contribution in [0.2, 0.25) is 0 Å². The molecule has 3 rings (SSSR count). The van der Waals surface area contributed by atoms with Gasteiger partial charge in [-0.2, -0.15) is 13.2 Å². The highest BCUT2D eigenvalue weighted by atomic mass is 19.4. The number of allylic oxidation sites excluding steroid dienone is 2. The van der Waals surface area contributed by atoms with Gasteiger partial charge in [0, 0.05) is 12.2 Å². The molecule has 0 amide bonds. The predicted molar refractivity (Wildman–Crippen MR) is 73.5 cm³/mol. The minimum absolute atomic E-state index is 0.269. The highest BCUT2D eigenvalue weighted by Gasteiger charge is 2.35. The molecule has 1 fully saturated rings. The van der Waals surface area contributed by atoms with Crippen molar-refractivity contribution in [1.82, 2.24) is 0 Å². The van der Waals surface area contributed by atoms with E-state index in [0.29, 0.717) is 23.4 Å². The number of benzene rings is 1. The molecule has 1 aromatic rings. The van der Waals surface area contributed by atoms with E-state index >= 15 is 0 Å². The van der Waals surface area contributed by atoms with Crippen molar-refractivity contribution in [1.29, 1.82) is 0 Å².